The van der Waals surface area contributed by atoms with Crippen molar-refractivity contribution in [3.63, 3.8) is 0 Å². The van der Waals surface area contributed by atoms with Gasteiger partial charge in [-0.1, -0.05) is 41.3 Å². The lowest BCUT2D eigenvalue weighted by molar-refractivity contribution is 0.0950. The predicted octanol–water partition coefficient (Wildman–Crippen LogP) is 3.55. The van der Waals surface area contributed by atoms with Gasteiger partial charge in [0, 0.05) is 19.0 Å². The zero-order chi connectivity index (χ0) is 20.2. The zero-order valence-corrected chi connectivity index (χ0v) is 17.2. The van der Waals surface area contributed by atoms with Crippen LogP contribution in [0, 0.1) is 5.82 Å². The zero-order valence-electron chi connectivity index (χ0n) is 15.5. The van der Waals surface area contributed by atoms with Crippen LogP contribution in [0.15, 0.2) is 42.1 Å². The molecule has 150 valence electrons. The number of allylic oxidation sites excluding steroid dienone is 1. The largest absolute Gasteiger partial charge is 0.346 e. The van der Waals surface area contributed by atoms with Gasteiger partial charge in [-0.3, -0.25) is 4.79 Å². The second-order valence-electron chi connectivity index (χ2n) is 6.61. The number of thioether (sulfide) groups is 1. The number of nitrogens with zero attached hydrogens (tertiary/aromatic N) is 5. The fraction of sp³-hybridized carbons (Fsp3) is 0.316. The van der Waals surface area contributed by atoms with Gasteiger partial charge in [0.1, 0.15) is 16.6 Å². The molecule has 0 unspecified atom stereocenters. The Morgan fingerprint density at radius 1 is 1.28 bits per heavy atom. The molecule has 10 heteroatoms. The number of carbonyl (C=O) groups is 1. The van der Waals surface area contributed by atoms with Crippen molar-refractivity contribution < 1.29 is 9.18 Å². The van der Waals surface area contributed by atoms with Crippen LogP contribution in [0.3, 0.4) is 0 Å². The molecule has 7 nitrogen and oxygen atoms in total. The number of amides is 1. The Balaban J connectivity index is 1.34. The Morgan fingerprint density at radius 3 is 2.79 bits per heavy atom. The number of benzene rings is 1. The average molecular weight is 431 g/mol. The first-order valence-corrected chi connectivity index (χ1v) is 11.0. The van der Waals surface area contributed by atoms with Gasteiger partial charge in [-0.15, -0.1) is 27.0 Å². The van der Waals surface area contributed by atoms with Crippen LogP contribution in [0.2, 0.25) is 0 Å². The number of carbonyl (C=O) groups excluding carboxylic acids is 1. The number of hydrogen-bond acceptors (Lipinski definition) is 7. The molecule has 0 atom stereocenters. The maximum atomic E-state index is 12.9. The van der Waals surface area contributed by atoms with E-state index >= 15 is 0 Å². The predicted molar refractivity (Wildman–Crippen MR) is 109 cm³/mol. The number of hydrogen-bond donors (Lipinski definition) is 1. The molecule has 2 heterocycles. The highest BCUT2D eigenvalue weighted by molar-refractivity contribution is 7.98. The summed E-state index contributed by atoms with van der Waals surface area (Å²) in [4.78, 5) is 12.3. The van der Waals surface area contributed by atoms with E-state index in [-0.39, 0.29) is 11.7 Å². The summed E-state index contributed by atoms with van der Waals surface area (Å²) in [5.74, 6) is 1.48. The molecule has 0 radical (unpaired) electrons. The Bertz CT molecular complexity index is 1010. The van der Waals surface area contributed by atoms with Crippen molar-refractivity contribution in [2.24, 2.45) is 0 Å². The Morgan fingerprint density at radius 2 is 2.07 bits per heavy atom. The normalized spacial score (nSPS) is 13.4. The molecule has 2 aromatic heterocycles. The minimum absolute atomic E-state index is 0.297. The molecule has 29 heavy (non-hydrogen) atoms. The van der Waals surface area contributed by atoms with Crippen LogP contribution in [0.4, 0.5) is 4.39 Å². The van der Waals surface area contributed by atoms with E-state index in [2.05, 4.69) is 36.9 Å². The summed E-state index contributed by atoms with van der Waals surface area (Å²) in [5, 5.41) is 21.4. The van der Waals surface area contributed by atoms with Crippen molar-refractivity contribution in [2.75, 3.05) is 0 Å². The molecular weight excluding hydrogens is 411 g/mol. The van der Waals surface area contributed by atoms with Gasteiger partial charge in [0.05, 0.1) is 5.75 Å². The van der Waals surface area contributed by atoms with E-state index in [1.165, 1.54) is 35.2 Å². The molecule has 1 saturated carbocycles. The molecule has 3 aromatic rings. The first-order valence-electron chi connectivity index (χ1n) is 9.16. The molecule has 1 amide bonds. The molecule has 1 aliphatic carbocycles. The third-order valence-corrected chi connectivity index (χ3v) is 6.43. The second-order valence-corrected chi connectivity index (χ2v) is 8.62. The van der Waals surface area contributed by atoms with Gasteiger partial charge in [0.25, 0.3) is 5.91 Å². The molecule has 1 fully saturated rings. The average Bonchev–Trinajstić information content (AvgIpc) is 3.32. The third-order valence-electron chi connectivity index (χ3n) is 4.35. The molecule has 0 spiro atoms. The minimum Gasteiger partial charge on any atom is -0.346 e. The van der Waals surface area contributed by atoms with Crippen LogP contribution in [-0.4, -0.2) is 30.9 Å². The molecule has 1 N–H and O–H groups in total. The lowest BCUT2D eigenvalue weighted by Crippen LogP contribution is -2.22. The molecule has 0 bridgehead atoms. The van der Waals surface area contributed by atoms with E-state index in [9.17, 15) is 9.18 Å². The van der Waals surface area contributed by atoms with Crippen molar-refractivity contribution in [1.82, 2.24) is 30.3 Å². The quantitative estimate of drug-likeness (QED) is 0.413. The summed E-state index contributed by atoms with van der Waals surface area (Å²) in [6, 6.07) is 5.99. The fourth-order valence-electron chi connectivity index (χ4n) is 2.74. The summed E-state index contributed by atoms with van der Waals surface area (Å²) in [5.41, 5.74) is 0.813. The van der Waals surface area contributed by atoms with Crippen LogP contribution in [0.1, 0.15) is 45.0 Å². The van der Waals surface area contributed by atoms with Gasteiger partial charge in [-0.2, -0.15) is 0 Å². The highest BCUT2D eigenvalue weighted by Crippen LogP contribution is 2.40. The Hall–Kier alpha value is -2.59. The van der Waals surface area contributed by atoms with Crippen molar-refractivity contribution in [3.05, 3.63) is 64.1 Å². The monoisotopic (exact) mass is 430 g/mol. The third kappa shape index (κ3) is 4.88. The lowest BCUT2D eigenvalue weighted by atomic mass is 10.2. The molecule has 1 aliphatic rings. The van der Waals surface area contributed by atoms with Gasteiger partial charge in [0.15, 0.2) is 5.16 Å². The van der Waals surface area contributed by atoms with Crippen molar-refractivity contribution in [1.29, 1.82) is 0 Å². The van der Waals surface area contributed by atoms with Gasteiger partial charge < -0.3 is 9.88 Å². The van der Waals surface area contributed by atoms with Crippen LogP contribution in [0.25, 0.3) is 0 Å². The maximum absolute atomic E-state index is 12.9. The first kappa shape index (κ1) is 19.7. The molecule has 4 rings (SSSR count). The summed E-state index contributed by atoms with van der Waals surface area (Å²) in [7, 11) is 0. The Kier molecular flexibility index (Phi) is 6.00. The number of halogens is 1. The van der Waals surface area contributed by atoms with Gasteiger partial charge in [-0.05, 0) is 30.5 Å². The van der Waals surface area contributed by atoms with Crippen molar-refractivity contribution >= 4 is 29.0 Å². The minimum atomic E-state index is -0.306. The first-order chi connectivity index (χ1) is 14.1. The SMILES string of the molecule is C=CCn1c(SCc2nnc(C(=O)NCc3ccc(F)cc3)s2)nnc1C1CC1. The summed E-state index contributed by atoms with van der Waals surface area (Å²) >= 11 is 2.77. The summed E-state index contributed by atoms with van der Waals surface area (Å²) < 4.78 is 15.0. The summed E-state index contributed by atoms with van der Waals surface area (Å²) in [6.45, 7) is 4.79. The number of rotatable bonds is 9. The number of aromatic nitrogens is 5. The fourth-order valence-corrected chi connectivity index (χ4v) is 4.44. The van der Waals surface area contributed by atoms with E-state index in [0.29, 0.717) is 29.8 Å². The van der Waals surface area contributed by atoms with Gasteiger partial charge in [0.2, 0.25) is 5.01 Å². The lowest BCUT2D eigenvalue weighted by Gasteiger charge is -2.05. The smallest absolute Gasteiger partial charge is 0.282 e. The maximum Gasteiger partial charge on any atom is 0.282 e. The van der Waals surface area contributed by atoms with E-state index in [1.807, 2.05) is 6.08 Å². The highest BCUT2D eigenvalue weighted by atomic mass is 32.2. The van der Waals surface area contributed by atoms with Crippen LogP contribution in [-0.2, 0) is 18.8 Å². The van der Waals surface area contributed by atoms with Crippen molar-refractivity contribution in [3.8, 4) is 0 Å². The van der Waals surface area contributed by atoms with E-state index in [4.69, 9.17) is 0 Å². The molecule has 0 aliphatic heterocycles. The van der Waals surface area contributed by atoms with Crippen LogP contribution in [0.5, 0.6) is 0 Å². The van der Waals surface area contributed by atoms with Gasteiger partial charge in [-0.25, -0.2) is 4.39 Å². The van der Waals surface area contributed by atoms with Crippen LogP contribution < -0.4 is 5.32 Å². The van der Waals surface area contributed by atoms with E-state index in [0.717, 1.165) is 34.4 Å². The molecular formula is C19H19FN6OS2. The number of nitrogens with one attached hydrogen (secondary N) is 1. The standard InChI is InChI=1S/C19H19FN6OS2/c1-2-9-26-16(13-5-6-13)23-25-19(26)28-11-15-22-24-18(29-15)17(27)21-10-12-3-7-14(20)8-4-12/h2-4,7-8,13H,1,5-6,9-11H2,(H,21,27). The van der Waals surface area contributed by atoms with Gasteiger partial charge >= 0.3 is 0 Å². The van der Waals surface area contributed by atoms with E-state index in [1.54, 1.807) is 12.1 Å². The topological polar surface area (TPSA) is 85.6 Å². The highest BCUT2D eigenvalue weighted by Gasteiger charge is 2.30. The second kappa shape index (κ2) is 8.83. The van der Waals surface area contributed by atoms with Crippen LogP contribution >= 0.6 is 23.1 Å². The Labute approximate surface area is 175 Å². The molecule has 1 aromatic carbocycles. The van der Waals surface area contributed by atoms with Crippen molar-refractivity contribution in [2.45, 2.75) is 42.8 Å². The summed E-state index contributed by atoms with van der Waals surface area (Å²) in [6.07, 6.45) is 4.16. The molecule has 0 saturated heterocycles. The van der Waals surface area contributed by atoms with E-state index < -0.39 is 0 Å².